The van der Waals surface area contributed by atoms with E-state index < -0.39 is 12.6 Å². The van der Waals surface area contributed by atoms with Crippen molar-refractivity contribution < 1.29 is 22.6 Å². The van der Waals surface area contributed by atoms with E-state index in [0.717, 1.165) is 38.0 Å². The van der Waals surface area contributed by atoms with Gasteiger partial charge in [0.15, 0.2) is 11.5 Å². The van der Waals surface area contributed by atoms with Crippen LogP contribution in [0.4, 0.5) is 13.2 Å². The fraction of sp³-hybridized carbons (Fsp3) is 0.440. The summed E-state index contributed by atoms with van der Waals surface area (Å²) in [6, 6.07) is 11.1. The molecule has 0 atom stereocenters. The van der Waals surface area contributed by atoms with Crippen LogP contribution in [0.3, 0.4) is 0 Å². The van der Waals surface area contributed by atoms with Crippen LogP contribution in [0.5, 0.6) is 11.5 Å². The van der Waals surface area contributed by atoms with Crippen molar-refractivity contribution in [3.05, 3.63) is 47.5 Å². The maximum absolute atomic E-state index is 13.6. The fourth-order valence-electron chi connectivity index (χ4n) is 4.72. The van der Waals surface area contributed by atoms with Gasteiger partial charge >= 0.3 is 6.18 Å². The molecule has 4 rings (SSSR count). The number of piperidine rings is 1. The molecule has 1 N–H and O–H groups in total. The van der Waals surface area contributed by atoms with Gasteiger partial charge in [-0.2, -0.15) is 13.2 Å². The molecule has 1 aromatic heterocycles. The average Bonchev–Trinajstić information content (AvgIpc) is 3.14. The molecule has 4 nitrogen and oxygen atoms in total. The average molecular weight is 447 g/mol. The van der Waals surface area contributed by atoms with Gasteiger partial charge in [0.2, 0.25) is 0 Å². The van der Waals surface area contributed by atoms with Gasteiger partial charge in [-0.25, -0.2) is 0 Å². The molecule has 0 unspecified atom stereocenters. The third kappa shape index (κ3) is 4.58. The Morgan fingerprint density at radius 3 is 2.34 bits per heavy atom. The smallest absolute Gasteiger partial charge is 0.393 e. The number of halogens is 3. The summed E-state index contributed by atoms with van der Waals surface area (Å²) in [6.07, 6.45) is -3.25. The lowest BCUT2D eigenvalue weighted by atomic mass is 9.88. The number of H-pyrrole nitrogens is 1. The second-order valence-corrected chi connectivity index (χ2v) is 8.35. The lowest BCUT2D eigenvalue weighted by molar-refractivity contribution is -0.126. The molecule has 7 heteroatoms. The summed E-state index contributed by atoms with van der Waals surface area (Å²) in [5.41, 5.74) is 3.21. The number of hydrogen-bond acceptors (Lipinski definition) is 3. The van der Waals surface area contributed by atoms with Gasteiger partial charge in [0, 0.05) is 16.5 Å². The van der Waals surface area contributed by atoms with Crippen LogP contribution in [0.15, 0.2) is 36.4 Å². The first-order chi connectivity index (χ1) is 15.3. The molecule has 0 aliphatic carbocycles. The number of methoxy groups -OCH3 is 2. The zero-order valence-electron chi connectivity index (χ0n) is 18.7. The van der Waals surface area contributed by atoms with Crippen molar-refractivity contribution >= 4 is 10.9 Å². The molecule has 2 aromatic carbocycles. The van der Waals surface area contributed by atoms with Gasteiger partial charge in [0.1, 0.15) is 0 Å². The summed E-state index contributed by atoms with van der Waals surface area (Å²) in [5, 5.41) is 0.641. The number of nitrogens with zero attached hydrogens (tertiary/aromatic N) is 1. The predicted molar refractivity (Wildman–Crippen MR) is 121 cm³/mol. The van der Waals surface area contributed by atoms with E-state index in [9.17, 15) is 13.2 Å². The van der Waals surface area contributed by atoms with Crippen molar-refractivity contribution in [1.29, 1.82) is 0 Å². The lowest BCUT2D eigenvalue weighted by Gasteiger charge is -2.31. The Labute approximate surface area is 186 Å². The third-order valence-corrected chi connectivity index (χ3v) is 6.49. The maximum Gasteiger partial charge on any atom is 0.393 e. The Morgan fingerprint density at radius 1 is 1.00 bits per heavy atom. The standard InChI is InChI=1S/C25H29F3N2O2/c1-4-30-11-9-16(10-12-30)17-5-7-21-19(13-17)20(15-25(26,27)28)24(29-21)18-6-8-22(31-2)23(14-18)32-3/h5-8,13-14,16,29H,4,9-12,15H2,1-3H3. The minimum absolute atomic E-state index is 0.271. The quantitative estimate of drug-likeness (QED) is 0.493. The van der Waals surface area contributed by atoms with E-state index in [1.54, 1.807) is 18.2 Å². The molecule has 1 aliphatic heterocycles. The summed E-state index contributed by atoms with van der Waals surface area (Å²) >= 11 is 0. The largest absolute Gasteiger partial charge is 0.493 e. The number of aromatic nitrogens is 1. The summed E-state index contributed by atoms with van der Waals surface area (Å²) in [7, 11) is 3.04. The molecule has 32 heavy (non-hydrogen) atoms. The SMILES string of the molecule is CCN1CCC(c2ccc3[nH]c(-c4ccc(OC)c(OC)c4)c(CC(F)(F)F)c3c2)CC1. The van der Waals surface area contributed by atoms with Gasteiger partial charge in [-0.1, -0.05) is 13.0 Å². The van der Waals surface area contributed by atoms with E-state index in [4.69, 9.17) is 9.47 Å². The van der Waals surface area contributed by atoms with Gasteiger partial charge in [-0.15, -0.1) is 0 Å². The lowest BCUT2D eigenvalue weighted by Crippen LogP contribution is -2.32. The Bertz CT molecular complexity index is 1080. The first kappa shape index (κ1) is 22.5. The number of aromatic amines is 1. The molecule has 0 amide bonds. The number of hydrogen-bond donors (Lipinski definition) is 1. The highest BCUT2D eigenvalue weighted by atomic mass is 19.4. The van der Waals surface area contributed by atoms with Crippen LogP contribution in [0.1, 0.15) is 36.8 Å². The van der Waals surface area contributed by atoms with Crippen molar-refractivity contribution in [1.82, 2.24) is 9.88 Å². The second-order valence-electron chi connectivity index (χ2n) is 8.35. The monoisotopic (exact) mass is 446 g/mol. The maximum atomic E-state index is 13.6. The number of rotatable bonds is 6. The Balaban J connectivity index is 1.79. The minimum atomic E-state index is -4.32. The normalized spacial score (nSPS) is 15.9. The summed E-state index contributed by atoms with van der Waals surface area (Å²) in [5.74, 6) is 1.38. The molecule has 2 heterocycles. The second kappa shape index (κ2) is 9.06. The van der Waals surface area contributed by atoms with Crippen LogP contribution in [0, 0.1) is 0 Å². The van der Waals surface area contributed by atoms with Gasteiger partial charge in [-0.3, -0.25) is 0 Å². The van der Waals surface area contributed by atoms with Crippen LogP contribution in [0.2, 0.25) is 0 Å². The third-order valence-electron chi connectivity index (χ3n) is 6.49. The topological polar surface area (TPSA) is 37.5 Å². The molecule has 0 radical (unpaired) electrons. The minimum Gasteiger partial charge on any atom is -0.493 e. The number of benzene rings is 2. The van der Waals surface area contributed by atoms with E-state index in [-0.39, 0.29) is 5.56 Å². The summed E-state index contributed by atoms with van der Waals surface area (Å²) in [4.78, 5) is 5.65. The number of likely N-dealkylation sites (tertiary alicyclic amines) is 1. The van der Waals surface area contributed by atoms with Crippen molar-refractivity contribution in [3.8, 4) is 22.8 Å². The fourth-order valence-corrected chi connectivity index (χ4v) is 4.72. The number of nitrogens with one attached hydrogen (secondary N) is 1. The van der Waals surface area contributed by atoms with Crippen LogP contribution < -0.4 is 9.47 Å². The number of ether oxygens (including phenoxy) is 2. The molecular formula is C25H29F3N2O2. The highest BCUT2D eigenvalue weighted by Gasteiger charge is 2.32. The van der Waals surface area contributed by atoms with E-state index in [1.807, 2.05) is 12.1 Å². The van der Waals surface area contributed by atoms with Gasteiger partial charge in [-0.05, 0) is 79.9 Å². The van der Waals surface area contributed by atoms with E-state index in [2.05, 4.69) is 22.9 Å². The first-order valence-corrected chi connectivity index (χ1v) is 11.0. The summed E-state index contributed by atoms with van der Waals surface area (Å²) in [6.45, 7) is 5.25. The highest BCUT2D eigenvalue weighted by molar-refractivity contribution is 5.91. The zero-order valence-corrected chi connectivity index (χ0v) is 18.7. The van der Waals surface area contributed by atoms with Crippen molar-refractivity contribution in [2.24, 2.45) is 0 Å². The van der Waals surface area contributed by atoms with Crippen molar-refractivity contribution in [3.63, 3.8) is 0 Å². The van der Waals surface area contributed by atoms with Crippen LogP contribution in [-0.4, -0.2) is 49.9 Å². The molecular weight excluding hydrogens is 417 g/mol. The molecule has 1 aliphatic rings. The molecule has 0 saturated carbocycles. The van der Waals surface area contributed by atoms with Crippen molar-refractivity contribution in [2.45, 2.75) is 38.3 Å². The van der Waals surface area contributed by atoms with Crippen LogP contribution >= 0.6 is 0 Å². The predicted octanol–water partition coefficient (Wildman–Crippen LogP) is 6.16. The van der Waals surface area contributed by atoms with Crippen LogP contribution in [-0.2, 0) is 6.42 Å². The summed E-state index contributed by atoms with van der Waals surface area (Å²) < 4.78 is 51.4. The van der Waals surface area contributed by atoms with Gasteiger partial charge < -0.3 is 19.4 Å². The molecule has 172 valence electrons. The van der Waals surface area contributed by atoms with E-state index in [1.165, 1.54) is 14.2 Å². The Kier molecular flexibility index (Phi) is 6.38. The molecule has 3 aromatic rings. The van der Waals surface area contributed by atoms with E-state index >= 15 is 0 Å². The van der Waals surface area contributed by atoms with Gasteiger partial charge in [0.25, 0.3) is 0 Å². The highest BCUT2D eigenvalue weighted by Crippen LogP contribution is 2.40. The molecule has 1 fully saturated rings. The number of fused-ring (bicyclic) bond motifs is 1. The zero-order chi connectivity index (χ0) is 22.9. The van der Waals surface area contributed by atoms with E-state index in [0.29, 0.717) is 39.6 Å². The molecule has 1 saturated heterocycles. The number of alkyl halides is 3. The Hall–Kier alpha value is -2.67. The first-order valence-electron chi connectivity index (χ1n) is 11.0. The van der Waals surface area contributed by atoms with Crippen molar-refractivity contribution in [2.75, 3.05) is 33.9 Å². The van der Waals surface area contributed by atoms with Gasteiger partial charge in [0.05, 0.1) is 26.3 Å². The molecule has 0 bridgehead atoms. The Morgan fingerprint density at radius 2 is 1.72 bits per heavy atom. The molecule has 0 spiro atoms. The van der Waals surface area contributed by atoms with Crippen LogP contribution in [0.25, 0.3) is 22.2 Å².